The van der Waals surface area contributed by atoms with E-state index in [1.54, 1.807) is 7.11 Å². The summed E-state index contributed by atoms with van der Waals surface area (Å²) >= 11 is 6.11. The molecule has 5 heteroatoms. The second kappa shape index (κ2) is 6.86. The van der Waals surface area contributed by atoms with E-state index >= 15 is 0 Å². The lowest BCUT2D eigenvalue weighted by Crippen LogP contribution is -1.97. The Kier molecular flexibility index (Phi) is 5.11. The lowest BCUT2D eigenvalue weighted by molar-refractivity contribution is 0.417. The quantitative estimate of drug-likeness (QED) is 0.699. The highest BCUT2D eigenvalue weighted by atomic mass is 35.5. The first-order chi connectivity index (χ1) is 10.2. The van der Waals surface area contributed by atoms with Crippen molar-refractivity contribution in [3.8, 4) is 5.75 Å². The van der Waals surface area contributed by atoms with Crippen LogP contribution in [-0.4, -0.2) is 12.1 Å². The predicted octanol–water partition coefficient (Wildman–Crippen LogP) is 5.37. The number of pyridine rings is 1. The number of nitrogens with zero attached hydrogens (tertiary/aromatic N) is 1. The first-order valence-electron chi connectivity index (χ1n) is 6.64. The van der Waals surface area contributed by atoms with E-state index in [4.69, 9.17) is 16.3 Å². The number of aryl methyl sites for hydroxylation is 1. The smallest absolute Gasteiger partial charge is 0.142 e. The van der Waals surface area contributed by atoms with Crippen LogP contribution >= 0.6 is 24.0 Å². The highest BCUT2D eigenvalue weighted by molar-refractivity contribution is 6.31. The van der Waals surface area contributed by atoms with Crippen molar-refractivity contribution in [2.75, 3.05) is 12.4 Å². The number of hydrogen-bond acceptors (Lipinski definition) is 3. The van der Waals surface area contributed by atoms with Crippen LogP contribution in [0, 0.1) is 6.92 Å². The molecular weight excluding hydrogens is 319 g/mol. The molecule has 3 aromatic rings. The predicted molar refractivity (Wildman–Crippen MR) is 95.0 cm³/mol. The van der Waals surface area contributed by atoms with Gasteiger partial charge in [-0.3, -0.25) is 4.98 Å². The molecule has 1 aromatic heterocycles. The van der Waals surface area contributed by atoms with Gasteiger partial charge in [-0.05, 0) is 43.3 Å². The Balaban J connectivity index is 0.00000176. The highest BCUT2D eigenvalue weighted by Crippen LogP contribution is 2.32. The molecule has 2 aromatic carbocycles. The number of anilines is 2. The largest absolute Gasteiger partial charge is 0.495 e. The van der Waals surface area contributed by atoms with Crippen molar-refractivity contribution in [2.24, 2.45) is 0 Å². The summed E-state index contributed by atoms with van der Waals surface area (Å²) in [5.74, 6) is 0.794. The maximum absolute atomic E-state index is 6.11. The van der Waals surface area contributed by atoms with Gasteiger partial charge < -0.3 is 10.1 Å². The summed E-state index contributed by atoms with van der Waals surface area (Å²) in [5.41, 5.74) is 3.73. The van der Waals surface area contributed by atoms with Crippen molar-refractivity contribution in [1.82, 2.24) is 4.98 Å². The van der Waals surface area contributed by atoms with Crippen molar-refractivity contribution in [1.29, 1.82) is 0 Å². The van der Waals surface area contributed by atoms with Gasteiger partial charge in [0.1, 0.15) is 5.75 Å². The molecule has 1 N–H and O–H groups in total. The zero-order valence-corrected chi connectivity index (χ0v) is 13.8. The highest BCUT2D eigenvalue weighted by Gasteiger charge is 2.08. The average Bonchev–Trinajstić information content (AvgIpc) is 2.48. The zero-order valence-electron chi connectivity index (χ0n) is 12.3. The monoisotopic (exact) mass is 334 g/mol. The molecule has 0 aliphatic heterocycles. The number of ether oxygens (including phenoxy) is 1. The summed E-state index contributed by atoms with van der Waals surface area (Å²) in [4.78, 5) is 4.53. The number of methoxy groups -OCH3 is 1. The topological polar surface area (TPSA) is 34.1 Å². The molecular formula is C17H16Cl2N2O. The maximum atomic E-state index is 6.11. The number of para-hydroxylation sites is 2. The van der Waals surface area contributed by atoms with Crippen LogP contribution in [-0.2, 0) is 0 Å². The van der Waals surface area contributed by atoms with Gasteiger partial charge in [-0.15, -0.1) is 12.4 Å². The Morgan fingerprint density at radius 3 is 2.59 bits per heavy atom. The molecule has 0 fully saturated rings. The molecule has 3 nitrogen and oxygen atoms in total. The van der Waals surface area contributed by atoms with E-state index in [0.29, 0.717) is 5.02 Å². The second-order valence-electron chi connectivity index (χ2n) is 4.80. The Morgan fingerprint density at radius 2 is 1.82 bits per heavy atom. The van der Waals surface area contributed by atoms with E-state index in [1.807, 2.05) is 55.5 Å². The molecule has 22 heavy (non-hydrogen) atoms. The molecule has 1 heterocycles. The molecule has 0 unspecified atom stereocenters. The van der Waals surface area contributed by atoms with Crippen LogP contribution in [0.15, 0.2) is 48.5 Å². The lowest BCUT2D eigenvalue weighted by atomic mass is 10.1. The molecule has 0 amide bonds. The van der Waals surface area contributed by atoms with Gasteiger partial charge in [0.15, 0.2) is 0 Å². The molecule has 0 atom stereocenters. The number of rotatable bonds is 3. The van der Waals surface area contributed by atoms with E-state index in [-0.39, 0.29) is 12.4 Å². The summed E-state index contributed by atoms with van der Waals surface area (Å²) in [5, 5.41) is 5.09. The number of halogens is 2. The van der Waals surface area contributed by atoms with Crippen molar-refractivity contribution >= 4 is 46.3 Å². The Bertz CT molecular complexity index is 806. The minimum Gasteiger partial charge on any atom is -0.495 e. The standard InChI is InChI=1S/C17H15ClN2O.ClH/c1-11-9-16(13-10-12(18)7-8-14(13)19-11)20-15-5-3-4-6-17(15)21-2;/h3-10H,1-2H3,(H,19,20);1H. The van der Waals surface area contributed by atoms with E-state index in [9.17, 15) is 0 Å². The first kappa shape index (κ1) is 16.4. The van der Waals surface area contributed by atoms with E-state index in [2.05, 4.69) is 10.3 Å². The Morgan fingerprint density at radius 1 is 1.05 bits per heavy atom. The fourth-order valence-corrected chi connectivity index (χ4v) is 2.50. The van der Waals surface area contributed by atoms with Crippen molar-refractivity contribution in [3.05, 3.63) is 59.2 Å². The second-order valence-corrected chi connectivity index (χ2v) is 5.23. The average molecular weight is 335 g/mol. The zero-order chi connectivity index (χ0) is 14.8. The van der Waals surface area contributed by atoms with Crippen LogP contribution in [0.3, 0.4) is 0 Å². The fraction of sp³-hybridized carbons (Fsp3) is 0.118. The molecule has 0 radical (unpaired) electrons. The number of hydrogen-bond donors (Lipinski definition) is 1. The summed E-state index contributed by atoms with van der Waals surface area (Å²) < 4.78 is 5.38. The van der Waals surface area contributed by atoms with E-state index in [1.165, 1.54) is 0 Å². The van der Waals surface area contributed by atoms with E-state index < -0.39 is 0 Å². The molecule has 0 spiro atoms. The summed E-state index contributed by atoms with van der Waals surface area (Å²) in [6.07, 6.45) is 0. The Hall–Kier alpha value is -1.97. The summed E-state index contributed by atoms with van der Waals surface area (Å²) in [6, 6.07) is 15.5. The number of nitrogens with one attached hydrogen (secondary N) is 1. The van der Waals surface area contributed by atoms with Gasteiger partial charge in [0, 0.05) is 21.8 Å². The minimum atomic E-state index is 0. The molecule has 114 valence electrons. The normalized spacial score (nSPS) is 10.1. The van der Waals surface area contributed by atoms with E-state index in [0.717, 1.165) is 33.7 Å². The number of aromatic nitrogens is 1. The number of fused-ring (bicyclic) bond motifs is 1. The van der Waals surface area contributed by atoms with Gasteiger partial charge in [0.2, 0.25) is 0 Å². The molecule has 0 saturated heterocycles. The minimum absolute atomic E-state index is 0. The van der Waals surface area contributed by atoms with Crippen LogP contribution < -0.4 is 10.1 Å². The van der Waals surface area contributed by atoms with Crippen LogP contribution in [0.5, 0.6) is 5.75 Å². The Labute approximate surface area is 140 Å². The molecule has 0 aliphatic rings. The number of benzene rings is 2. The third kappa shape index (κ3) is 3.26. The first-order valence-corrected chi connectivity index (χ1v) is 7.02. The van der Waals surface area contributed by atoms with Gasteiger partial charge >= 0.3 is 0 Å². The van der Waals surface area contributed by atoms with Crippen LogP contribution in [0.1, 0.15) is 5.69 Å². The van der Waals surface area contributed by atoms with Crippen molar-refractivity contribution < 1.29 is 4.74 Å². The van der Waals surface area contributed by atoms with Crippen LogP contribution in [0.2, 0.25) is 5.02 Å². The molecule has 0 saturated carbocycles. The summed E-state index contributed by atoms with van der Waals surface area (Å²) in [7, 11) is 1.66. The third-order valence-electron chi connectivity index (χ3n) is 3.28. The van der Waals surface area contributed by atoms with Crippen molar-refractivity contribution in [2.45, 2.75) is 6.92 Å². The maximum Gasteiger partial charge on any atom is 0.142 e. The SMILES string of the molecule is COc1ccccc1Nc1cc(C)nc2ccc(Cl)cc12.Cl. The molecule has 0 aliphatic carbocycles. The van der Waals surface area contributed by atoms with Gasteiger partial charge in [0.05, 0.1) is 18.3 Å². The van der Waals surface area contributed by atoms with Crippen LogP contribution in [0.4, 0.5) is 11.4 Å². The lowest BCUT2D eigenvalue weighted by Gasteiger charge is -2.13. The van der Waals surface area contributed by atoms with Gasteiger partial charge in [-0.2, -0.15) is 0 Å². The van der Waals surface area contributed by atoms with Gasteiger partial charge in [0.25, 0.3) is 0 Å². The molecule has 0 bridgehead atoms. The molecule has 3 rings (SSSR count). The van der Waals surface area contributed by atoms with Crippen molar-refractivity contribution in [3.63, 3.8) is 0 Å². The summed E-state index contributed by atoms with van der Waals surface area (Å²) in [6.45, 7) is 1.97. The van der Waals surface area contributed by atoms with Gasteiger partial charge in [-0.1, -0.05) is 23.7 Å². The third-order valence-corrected chi connectivity index (χ3v) is 3.51. The van der Waals surface area contributed by atoms with Gasteiger partial charge in [-0.25, -0.2) is 0 Å². The fourth-order valence-electron chi connectivity index (χ4n) is 2.33. The van der Waals surface area contributed by atoms with Crippen LogP contribution in [0.25, 0.3) is 10.9 Å².